The van der Waals surface area contributed by atoms with Crippen molar-refractivity contribution >= 4 is 15.9 Å². The van der Waals surface area contributed by atoms with Gasteiger partial charge in [0.1, 0.15) is 5.82 Å². The summed E-state index contributed by atoms with van der Waals surface area (Å²) in [7, 11) is -4.35. The maximum absolute atomic E-state index is 13.8. The van der Waals surface area contributed by atoms with Crippen molar-refractivity contribution in [2.75, 3.05) is 6.54 Å². The molecule has 0 radical (unpaired) electrons. The molecule has 1 N–H and O–H groups in total. The lowest BCUT2D eigenvalue weighted by Gasteiger charge is -2.29. The Morgan fingerprint density at radius 1 is 1.00 bits per heavy atom. The zero-order valence-electron chi connectivity index (χ0n) is 16.0. The fourth-order valence-corrected chi connectivity index (χ4v) is 4.25. The molecule has 13 heteroatoms. The molecule has 0 saturated heterocycles. The van der Waals surface area contributed by atoms with E-state index in [1.165, 1.54) is 12.1 Å². The summed E-state index contributed by atoms with van der Waals surface area (Å²) in [5.74, 6) is -3.10. The highest BCUT2D eigenvalue weighted by Crippen LogP contribution is 2.31. The first-order chi connectivity index (χ1) is 14.7. The van der Waals surface area contributed by atoms with Gasteiger partial charge >= 0.3 is 18.3 Å². The smallest absolute Gasteiger partial charge is 0.330 e. The van der Waals surface area contributed by atoms with Gasteiger partial charge in [-0.3, -0.25) is 4.79 Å². The molecule has 2 aromatic rings. The van der Waals surface area contributed by atoms with Crippen molar-refractivity contribution in [2.24, 2.45) is 0 Å². The Bertz CT molecular complexity index is 1140. The van der Waals surface area contributed by atoms with E-state index in [2.05, 4.69) is 0 Å². The molecule has 0 saturated carbocycles. The van der Waals surface area contributed by atoms with Crippen LogP contribution in [-0.2, 0) is 40.5 Å². The number of amides is 1. The molecular formula is C19H15F7N2O3S. The molecule has 0 aromatic heterocycles. The van der Waals surface area contributed by atoms with Crippen LogP contribution in [0, 0.1) is 5.82 Å². The Morgan fingerprint density at radius 2 is 1.69 bits per heavy atom. The van der Waals surface area contributed by atoms with Crippen molar-refractivity contribution in [1.29, 1.82) is 0 Å². The van der Waals surface area contributed by atoms with Gasteiger partial charge in [0.05, 0.1) is 10.5 Å². The maximum Gasteiger partial charge on any atom is 0.471 e. The number of alkyl halides is 6. The summed E-state index contributed by atoms with van der Waals surface area (Å²) < 4.78 is 117. The molecule has 0 atom stereocenters. The summed E-state index contributed by atoms with van der Waals surface area (Å²) in [5.41, 5.74) is -0.958. The van der Waals surface area contributed by atoms with E-state index < -0.39 is 58.3 Å². The molecule has 0 spiro atoms. The molecule has 0 aliphatic carbocycles. The standard InChI is InChI=1S/C19H15F7N2O3S/c20-16-4-2-14(18(21,22)23)7-12(16)9-27-32(30,31)15-3-1-11-5-6-28(10-13(11)8-15)17(29)19(24,25)26/h1-4,7-8,27H,5-6,9-10H2. The van der Waals surface area contributed by atoms with Crippen molar-refractivity contribution in [2.45, 2.75) is 36.8 Å². The second-order valence-electron chi connectivity index (χ2n) is 7.03. The van der Waals surface area contributed by atoms with Gasteiger partial charge in [0, 0.05) is 25.2 Å². The van der Waals surface area contributed by atoms with Gasteiger partial charge in [-0.25, -0.2) is 17.5 Å². The molecule has 32 heavy (non-hydrogen) atoms. The van der Waals surface area contributed by atoms with Crippen LogP contribution >= 0.6 is 0 Å². The highest BCUT2D eigenvalue weighted by Gasteiger charge is 2.43. The van der Waals surface area contributed by atoms with Crippen LogP contribution in [0.25, 0.3) is 0 Å². The van der Waals surface area contributed by atoms with E-state index in [1.807, 2.05) is 4.72 Å². The second kappa shape index (κ2) is 8.35. The SMILES string of the molecule is O=C(N1CCc2ccc(S(=O)(=O)NCc3cc(C(F)(F)F)ccc3F)cc2C1)C(F)(F)F. The van der Waals surface area contributed by atoms with E-state index in [-0.39, 0.29) is 23.4 Å². The molecule has 174 valence electrons. The molecule has 5 nitrogen and oxygen atoms in total. The lowest BCUT2D eigenvalue weighted by molar-refractivity contribution is -0.186. The summed E-state index contributed by atoms with van der Waals surface area (Å²) in [6.45, 7) is -1.43. The van der Waals surface area contributed by atoms with Gasteiger partial charge in [0.25, 0.3) is 0 Å². The lowest BCUT2D eigenvalue weighted by Crippen LogP contribution is -2.43. The molecule has 1 aliphatic heterocycles. The number of nitrogens with one attached hydrogen (secondary N) is 1. The van der Waals surface area contributed by atoms with Crippen LogP contribution in [0.5, 0.6) is 0 Å². The summed E-state index contributed by atoms with van der Waals surface area (Å²) in [4.78, 5) is 11.6. The van der Waals surface area contributed by atoms with Crippen molar-refractivity contribution in [3.05, 3.63) is 64.5 Å². The third-order valence-corrected chi connectivity index (χ3v) is 6.25. The molecule has 3 rings (SSSR count). The maximum atomic E-state index is 13.8. The van der Waals surface area contributed by atoms with E-state index in [0.717, 1.165) is 6.07 Å². The number of sulfonamides is 1. The predicted molar refractivity (Wildman–Crippen MR) is 97.0 cm³/mol. The third kappa shape index (κ3) is 5.21. The van der Waals surface area contributed by atoms with Crippen molar-refractivity contribution in [3.63, 3.8) is 0 Å². The average molecular weight is 484 g/mol. The largest absolute Gasteiger partial charge is 0.471 e. The average Bonchev–Trinajstić information content (AvgIpc) is 2.70. The Balaban J connectivity index is 1.80. The molecular weight excluding hydrogens is 469 g/mol. The second-order valence-corrected chi connectivity index (χ2v) is 8.80. The molecule has 0 bridgehead atoms. The normalized spacial score (nSPS) is 14.9. The van der Waals surface area contributed by atoms with Crippen molar-refractivity contribution in [3.8, 4) is 0 Å². The lowest BCUT2D eigenvalue weighted by atomic mass is 10.00. The van der Waals surface area contributed by atoms with E-state index >= 15 is 0 Å². The number of benzene rings is 2. The van der Waals surface area contributed by atoms with Crippen molar-refractivity contribution < 1.29 is 43.9 Å². The van der Waals surface area contributed by atoms with Crippen LogP contribution in [0.3, 0.4) is 0 Å². The Kier molecular flexibility index (Phi) is 6.26. The number of carbonyl (C=O) groups excluding carboxylic acids is 1. The first-order valence-electron chi connectivity index (χ1n) is 9.01. The van der Waals surface area contributed by atoms with Gasteiger partial charge in [-0.2, -0.15) is 26.3 Å². The fraction of sp³-hybridized carbons (Fsp3) is 0.316. The monoisotopic (exact) mass is 484 g/mol. The van der Waals surface area contributed by atoms with Crippen LogP contribution in [0.4, 0.5) is 30.7 Å². The minimum atomic E-state index is -5.07. The Morgan fingerprint density at radius 3 is 2.31 bits per heavy atom. The molecule has 1 heterocycles. The van der Waals surface area contributed by atoms with Gasteiger partial charge in [-0.15, -0.1) is 0 Å². The molecule has 0 fully saturated rings. The topological polar surface area (TPSA) is 66.5 Å². The van der Waals surface area contributed by atoms with Crippen LogP contribution in [0.15, 0.2) is 41.3 Å². The first-order valence-corrected chi connectivity index (χ1v) is 10.5. The van der Waals surface area contributed by atoms with Crippen molar-refractivity contribution in [1.82, 2.24) is 9.62 Å². The first kappa shape index (κ1) is 24.0. The predicted octanol–water partition coefficient (Wildman–Crippen LogP) is 3.77. The van der Waals surface area contributed by atoms with Gasteiger partial charge in [-0.1, -0.05) is 6.07 Å². The number of hydrogen-bond acceptors (Lipinski definition) is 3. The number of halogens is 7. The number of fused-ring (bicyclic) bond motifs is 1. The minimum absolute atomic E-state index is 0.0837. The fourth-order valence-electron chi connectivity index (χ4n) is 3.20. The number of carbonyl (C=O) groups is 1. The van der Waals surface area contributed by atoms with E-state index in [4.69, 9.17) is 0 Å². The van der Waals surface area contributed by atoms with Crippen LogP contribution in [0.1, 0.15) is 22.3 Å². The molecule has 2 aromatic carbocycles. The number of rotatable bonds is 4. The van der Waals surface area contributed by atoms with Crippen LogP contribution < -0.4 is 4.72 Å². The number of hydrogen-bond donors (Lipinski definition) is 1. The Hall–Kier alpha value is -2.67. The Labute approximate surface area is 177 Å². The van der Waals surface area contributed by atoms with Gasteiger partial charge in [0.2, 0.25) is 10.0 Å². The summed E-state index contributed by atoms with van der Waals surface area (Å²) in [6, 6.07) is 5.19. The summed E-state index contributed by atoms with van der Waals surface area (Å²) >= 11 is 0. The number of nitrogens with zero attached hydrogens (tertiary/aromatic N) is 1. The van der Waals surface area contributed by atoms with Gasteiger partial charge in [-0.05, 0) is 47.9 Å². The van der Waals surface area contributed by atoms with E-state index in [1.54, 1.807) is 0 Å². The molecule has 0 unspecified atom stereocenters. The molecule has 1 aliphatic rings. The molecule has 1 amide bonds. The summed E-state index contributed by atoms with van der Waals surface area (Å²) in [5, 5.41) is 0. The zero-order valence-corrected chi connectivity index (χ0v) is 16.8. The van der Waals surface area contributed by atoms with Gasteiger partial charge < -0.3 is 4.90 Å². The summed E-state index contributed by atoms with van der Waals surface area (Å²) in [6.07, 6.45) is -9.74. The van der Waals surface area contributed by atoms with Gasteiger partial charge in [0.15, 0.2) is 0 Å². The van der Waals surface area contributed by atoms with E-state index in [9.17, 15) is 43.9 Å². The minimum Gasteiger partial charge on any atom is -0.330 e. The highest BCUT2D eigenvalue weighted by atomic mass is 32.2. The van der Waals surface area contributed by atoms with E-state index in [0.29, 0.717) is 28.7 Å². The third-order valence-electron chi connectivity index (χ3n) is 4.86. The van der Waals surface area contributed by atoms with Crippen LogP contribution in [-0.4, -0.2) is 31.9 Å². The quantitative estimate of drug-likeness (QED) is 0.673. The highest BCUT2D eigenvalue weighted by molar-refractivity contribution is 7.89. The van der Waals surface area contributed by atoms with Crippen LogP contribution in [0.2, 0.25) is 0 Å². The zero-order chi connectivity index (χ0) is 23.9.